The molecule has 1 unspecified atom stereocenters. The van der Waals surface area contributed by atoms with Gasteiger partial charge < -0.3 is 18.9 Å². The maximum atomic E-state index is 8.78. The van der Waals surface area contributed by atoms with Gasteiger partial charge in [0.1, 0.15) is 5.75 Å². The monoisotopic (exact) mass is 258 g/mol. The van der Waals surface area contributed by atoms with E-state index in [-0.39, 0.29) is 23.1 Å². The molecule has 0 aliphatic heterocycles. The van der Waals surface area contributed by atoms with Crippen molar-refractivity contribution < 1.29 is 27.4 Å². The molecule has 86 valence electrons. The van der Waals surface area contributed by atoms with E-state index in [9.17, 15) is 0 Å². The maximum Gasteiger partial charge on any atom is 2.00 e. The van der Waals surface area contributed by atoms with E-state index >= 15 is 0 Å². The van der Waals surface area contributed by atoms with Crippen LogP contribution in [0, 0.1) is 0 Å². The summed E-state index contributed by atoms with van der Waals surface area (Å²) in [5.74, 6) is 0.692. The van der Waals surface area contributed by atoms with Crippen molar-refractivity contribution in [3.63, 3.8) is 0 Å². The summed E-state index contributed by atoms with van der Waals surface area (Å²) in [4.78, 5) is 0. The van der Waals surface area contributed by atoms with E-state index in [4.69, 9.17) is 27.4 Å². The number of benzene rings is 1. The van der Waals surface area contributed by atoms with E-state index in [0.29, 0.717) is 5.75 Å². The van der Waals surface area contributed by atoms with Gasteiger partial charge in [-0.3, -0.25) is 8.42 Å². The molecule has 1 atom stereocenters. The van der Waals surface area contributed by atoms with Crippen molar-refractivity contribution in [2.24, 2.45) is 0 Å². The van der Waals surface area contributed by atoms with Gasteiger partial charge in [-0.15, -0.1) is 0 Å². The summed E-state index contributed by atoms with van der Waals surface area (Å²) >= 11 is 0. The Morgan fingerprint density at radius 2 is 1.62 bits per heavy atom. The van der Waals surface area contributed by atoms with Crippen LogP contribution in [-0.4, -0.2) is 52.0 Å². The molecule has 1 rings (SSSR count). The molecule has 0 amide bonds. The van der Waals surface area contributed by atoms with Crippen LogP contribution in [0.2, 0.25) is 0 Å². The first-order valence-corrected chi connectivity index (χ1v) is 5.19. The third-order valence-electron chi connectivity index (χ3n) is 1.05. The number of ether oxygens (including phenoxy) is 1. The largest absolute Gasteiger partial charge is 2.00 e. The zero-order valence-corrected chi connectivity index (χ0v) is 10.8. The molecule has 0 bridgehead atoms. The first-order chi connectivity index (χ1) is 6.79. The summed E-state index contributed by atoms with van der Waals surface area (Å²) in [5, 5.41) is 8.78. The molecule has 0 saturated heterocycles. The van der Waals surface area contributed by atoms with Gasteiger partial charge in [0.05, 0.1) is 0 Å². The zero-order chi connectivity index (χ0) is 11.9. The number of aliphatic hydroxyl groups is 1. The molecule has 0 spiro atoms. The van der Waals surface area contributed by atoms with Gasteiger partial charge in [0.2, 0.25) is 0 Å². The summed E-state index contributed by atoms with van der Waals surface area (Å²) in [6.07, 6.45) is -0.734. The Kier molecular flexibility index (Phi) is 9.82. The molecule has 16 heavy (non-hydrogen) atoms. The number of aliphatic hydroxyl groups excluding tert-OH is 1. The average molecular weight is 259 g/mol. The zero-order valence-electron chi connectivity index (χ0n) is 8.57. The van der Waals surface area contributed by atoms with Crippen LogP contribution in [0.25, 0.3) is 0 Å². The van der Waals surface area contributed by atoms with Gasteiger partial charge in [-0.1, -0.05) is 18.2 Å². The minimum Gasteiger partial charge on any atom is -0.759 e. The van der Waals surface area contributed by atoms with E-state index < -0.39 is 16.7 Å². The predicted octanol–water partition coefficient (Wildman–Crippen LogP) is -0.315. The van der Waals surface area contributed by atoms with Crippen LogP contribution in [0.1, 0.15) is 6.92 Å². The standard InChI is InChI=1S/C8H10O2.Mg.H2O4S/c1-7(9)10-8-5-3-2-4-6-8;;1-5(2,3)4/h2-7,9H,1H3;;(H2,1,2,3,4)/q;+2;/p-2. The van der Waals surface area contributed by atoms with E-state index in [2.05, 4.69) is 0 Å². The van der Waals surface area contributed by atoms with Crippen LogP contribution in [0.15, 0.2) is 30.3 Å². The molecule has 8 heteroatoms. The maximum absolute atomic E-state index is 8.78. The normalized spacial score (nSPS) is 11.5. The van der Waals surface area contributed by atoms with Gasteiger partial charge in [-0.05, 0) is 19.1 Å². The quantitative estimate of drug-likeness (QED) is 0.337. The summed E-state index contributed by atoms with van der Waals surface area (Å²) in [7, 11) is -5.17. The molecule has 1 N–H and O–H groups in total. The van der Waals surface area contributed by atoms with Gasteiger partial charge in [0.15, 0.2) is 6.29 Å². The van der Waals surface area contributed by atoms with Gasteiger partial charge in [-0.25, -0.2) is 0 Å². The third kappa shape index (κ3) is 16.1. The van der Waals surface area contributed by atoms with Crippen molar-refractivity contribution in [2.75, 3.05) is 0 Å². The molecule has 6 nitrogen and oxygen atoms in total. The van der Waals surface area contributed by atoms with Gasteiger partial charge >= 0.3 is 23.1 Å². The molecule has 0 fully saturated rings. The molecule has 0 heterocycles. The Hall–Kier alpha value is -0.384. The van der Waals surface area contributed by atoms with Crippen molar-refractivity contribution in [1.29, 1.82) is 0 Å². The van der Waals surface area contributed by atoms with Crippen molar-refractivity contribution in [3.05, 3.63) is 30.3 Å². The van der Waals surface area contributed by atoms with Crippen LogP contribution in [0.4, 0.5) is 0 Å². The molecule has 1 aromatic rings. The molecular formula is C8H10MgO6S. The van der Waals surface area contributed by atoms with E-state index in [1.54, 1.807) is 19.1 Å². The van der Waals surface area contributed by atoms with Crippen LogP contribution < -0.4 is 4.74 Å². The second-order valence-electron chi connectivity index (χ2n) is 2.44. The molecule has 0 aliphatic rings. The Morgan fingerprint density at radius 1 is 1.25 bits per heavy atom. The molecular weight excluding hydrogens is 248 g/mol. The summed E-state index contributed by atoms with van der Waals surface area (Å²) in [5.41, 5.74) is 0. The summed E-state index contributed by atoms with van der Waals surface area (Å²) in [6, 6.07) is 9.21. The van der Waals surface area contributed by atoms with Crippen LogP contribution in [0.3, 0.4) is 0 Å². The molecule has 1 aromatic carbocycles. The first-order valence-electron chi connectivity index (χ1n) is 3.85. The minimum atomic E-state index is -5.17. The van der Waals surface area contributed by atoms with Crippen LogP contribution in [0.5, 0.6) is 5.75 Å². The van der Waals surface area contributed by atoms with Gasteiger partial charge in [-0.2, -0.15) is 0 Å². The second-order valence-corrected chi connectivity index (χ2v) is 3.25. The van der Waals surface area contributed by atoms with Crippen molar-refractivity contribution in [2.45, 2.75) is 13.2 Å². The first kappa shape index (κ1) is 18.0. The van der Waals surface area contributed by atoms with Gasteiger partial charge in [0.25, 0.3) is 0 Å². The van der Waals surface area contributed by atoms with Gasteiger partial charge in [0, 0.05) is 10.4 Å². The Morgan fingerprint density at radius 3 is 1.94 bits per heavy atom. The predicted molar refractivity (Wildman–Crippen MR) is 55.0 cm³/mol. The molecule has 0 aliphatic carbocycles. The fourth-order valence-electron chi connectivity index (χ4n) is 0.696. The fraction of sp³-hybridized carbons (Fsp3) is 0.250. The smallest absolute Gasteiger partial charge is 0.759 e. The Balaban J connectivity index is 0. The second kappa shape index (κ2) is 8.73. The summed E-state index contributed by atoms with van der Waals surface area (Å²) < 4.78 is 39.1. The molecule has 0 radical (unpaired) electrons. The van der Waals surface area contributed by atoms with E-state index in [1.807, 2.05) is 18.2 Å². The SMILES string of the molecule is CC(O)Oc1ccccc1.O=S(=O)([O-])[O-].[Mg+2]. The number of rotatable bonds is 2. The fourth-order valence-corrected chi connectivity index (χ4v) is 0.696. The summed E-state index contributed by atoms with van der Waals surface area (Å²) in [6.45, 7) is 1.58. The van der Waals surface area contributed by atoms with Crippen molar-refractivity contribution in [3.8, 4) is 5.75 Å². The number of hydrogen-bond donors (Lipinski definition) is 1. The Labute approximate surface area is 110 Å². The number of para-hydroxylation sites is 1. The minimum absolute atomic E-state index is 0. The molecule has 0 saturated carbocycles. The van der Waals surface area contributed by atoms with E-state index in [0.717, 1.165) is 0 Å². The van der Waals surface area contributed by atoms with Crippen molar-refractivity contribution >= 4 is 33.5 Å². The van der Waals surface area contributed by atoms with E-state index in [1.165, 1.54) is 0 Å². The van der Waals surface area contributed by atoms with Crippen LogP contribution in [-0.2, 0) is 10.4 Å². The Bertz CT molecular complexity index is 355. The average Bonchev–Trinajstić information content (AvgIpc) is 2.01. The topological polar surface area (TPSA) is 110 Å². The number of hydrogen-bond acceptors (Lipinski definition) is 6. The molecule has 0 aromatic heterocycles. The van der Waals surface area contributed by atoms with Crippen LogP contribution >= 0.6 is 0 Å². The van der Waals surface area contributed by atoms with Crippen molar-refractivity contribution in [1.82, 2.24) is 0 Å². The third-order valence-corrected chi connectivity index (χ3v) is 1.05.